The molecule has 7 nitrogen and oxygen atoms in total. The van der Waals surface area contributed by atoms with Crippen LogP contribution in [0.1, 0.15) is 5.69 Å². The summed E-state index contributed by atoms with van der Waals surface area (Å²) in [5.74, 6) is -1.04. The zero-order valence-electron chi connectivity index (χ0n) is 10.2. The molecule has 0 amide bonds. The van der Waals surface area contributed by atoms with Gasteiger partial charge in [0.25, 0.3) is 19.1 Å². The summed E-state index contributed by atoms with van der Waals surface area (Å²) in [5, 5.41) is -1.06. The number of nitrogens with zero attached hydrogens (tertiary/aromatic N) is 2. The van der Waals surface area contributed by atoms with Gasteiger partial charge in [0.05, 0.1) is 5.69 Å². The van der Waals surface area contributed by atoms with Crippen molar-refractivity contribution in [3.63, 3.8) is 0 Å². The summed E-state index contributed by atoms with van der Waals surface area (Å²) in [5.41, 5.74) is 0.0363. The Kier molecular flexibility index (Phi) is 4.19. The van der Waals surface area contributed by atoms with Crippen LogP contribution in [0.3, 0.4) is 0 Å². The molecular weight excluding hydrogens is 365 g/mol. The van der Waals surface area contributed by atoms with E-state index in [-0.39, 0.29) is 15.0 Å². The van der Waals surface area contributed by atoms with Crippen molar-refractivity contribution < 1.29 is 21.2 Å². The molecule has 0 radical (unpaired) electrons. The summed E-state index contributed by atoms with van der Waals surface area (Å²) in [7, 11) is -3.17. The number of hydrogen-bond acceptors (Lipinski definition) is 7. The van der Waals surface area contributed by atoms with Crippen LogP contribution in [0, 0.1) is 12.7 Å². The zero-order valence-corrected chi connectivity index (χ0v) is 13.4. The molecular formula is C9H7ClFN3O4S3. The number of aromatic nitrogens is 2. The van der Waals surface area contributed by atoms with Crippen LogP contribution >= 0.6 is 22.0 Å². The van der Waals surface area contributed by atoms with Crippen LogP contribution in [-0.2, 0) is 19.1 Å². The van der Waals surface area contributed by atoms with Gasteiger partial charge in [-0.3, -0.25) is 4.72 Å². The van der Waals surface area contributed by atoms with Gasteiger partial charge in [0.15, 0.2) is 15.2 Å². The molecule has 2 aromatic heterocycles. The lowest BCUT2D eigenvalue weighted by Gasteiger charge is -2.04. The van der Waals surface area contributed by atoms with Crippen molar-refractivity contribution in [3.05, 3.63) is 29.8 Å². The SMILES string of the molecule is Cc1nc(NS(=O)(=O)c2ncccc2F)sc1S(=O)(=O)Cl. The first-order valence-electron chi connectivity index (χ1n) is 5.16. The Morgan fingerprint density at radius 2 is 2.00 bits per heavy atom. The third-order valence-electron chi connectivity index (χ3n) is 2.18. The third-order valence-corrected chi connectivity index (χ3v) is 6.83. The molecule has 21 heavy (non-hydrogen) atoms. The number of thiazole rings is 1. The van der Waals surface area contributed by atoms with Crippen molar-refractivity contribution in [1.29, 1.82) is 0 Å². The van der Waals surface area contributed by atoms with Crippen molar-refractivity contribution in [2.24, 2.45) is 0 Å². The molecule has 12 heteroatoms. The van der Waals surface area contributed by atoms with Crippen LogP contribution in [0.2, 0.25) is 0 Å². The van der Waals surface area contributed by atoms with E-state index in [1.165, 1.54) is 13.0 Å². The van der Waals surface area contributed by atoms with E-state index in [1.807, 2.05) is 4.72 Å². The quantitative estimate of drug-likeness (QED) is 0.820. The monoisotopic (exact) mass is 371 g/mol. The minimum atomic E-state index is -4.32. The third kappa shape index (κ3) is 3.48. The van der Waals surface area contributed by atoms with Crippen molar-refractivity contribution in [2.45, 2.75) is 16.2 Å². The average molecular weight is 372 g/mol. The van der Waals surface area contributed by atoms with E-state index in [4.69, 9.17) is 10.7 Å². The van der Waals surface area contributed by atoms with Crippen molar-refractivity contribution >= 4 is 46.2 Å². The molecule has 0 fully saturated rings. The minimum absolute atomic E-state index is 0.0363. The normalized spacial score (nSPS) is 12.3. The van der Waals surface area contributed by atoms with E-state index < -0.39 is 29.9 Å². The molecule has 2 heterocycles. The number of anilines is 1. The Balaban J connectivity index is 2.41. The van der Waals surface area contributed by atoms with Gasteiger partial charge in [0.1, 0.15) is 0 Å². The molecule has 2 rings (SSSR count). The molecule has 0 aliphatic heterocycles. The second-order valence-electron chi connectivity index (χ2n) is 3.73. The number of halogens is 2. The summed E-state index contributed by atoms with van der Waals surface area (Å²) in [4.78, 5) is 7.16. The lowest BCUT2D eigenvalue weighted by molar-refractivity contribution is 0.556. The summed E-state index contributed by atoms with van der Waals surface area (Å²) in [6.45, 7) is 1.35. The number of sulfonamides is 1. The smallest absolute Gasteiger partial charge is 0.253 e. The Bertz CT molecular complexity index is 895. The van der Waals surface area contributed by atoms with E-state index in [1.54, 1.807) is 0 Å². The molecule has 0 aromatic carbocycles. The first kappa shape index (κ1) is 16.1. The topological polar surface area (TPSA) is 106 Å². The lowest BCUT2D eigenvalue weighted by Crippen LogP contribution is -2.16. The Hall–Kier alpha value is -1.30. The van der Waals surface area contributed by atoms with Crippen LogP contribution in [0.25, 0.3) is 0 Å². The Morgan fingerprint density at radius 1 is 1.33 bits per heavy atom. The first-order valence-corrected chi connectivity index (χ1v) is 9.77. The van der Waals surface area contributed by atoms with Gasteiger partial charge >= 0.3 is 0 Å². The maximum absolute atomic E-state index is 13.4. The second-order valence-corrected chi connectivity index (χ2v) is 9.08. The summed E-state index contributed by atoms with van der Waals surface area (Å²) in [6.07, 6.45) is 1.11. The van der Waals surface area contributed by atoms with Crippen molar-refractivity contribution in [2.75, 3.05) is 4.72 Å². The second kappa shape index (κ2) is 5.48. The predicted octanol–water partition coefficient (Wildman–Crippen LogP) is 1.71. The molecule has 0 saturated heterocycles. The highest BCUT2D eigenvalue weighted by atomic mass is 35.7. The molecule has 0 unspecified atom stereocenters. The van der Waals surface area contributed by atoms with Crippen LogP contribution in [0.15, 0.2) is 27.6 Å². The summed E-state index contributed by atoms with van der Waals surface area (Å²) in [6, 6.07) is 2.17. The molecule has 0 bridgehead atoms. The molecule has 0 spiro atoms. The van der Waals surface area contributed by atoms with Gasteiger partial charge in [-0.15, -0.1) is 0 Å². The van der Waals surface area contributed by atoms with Crippen LogP contribution in [0.4, 0.5) is 9.52 Å². The fourth-order valence-corrected chi connectivity index (χ4v) is 4.98. The van der Waals surface area contributed by atoms with Gasteiger partial charge in [-0.2, -0.15) is 8.42 Å². The number of aryl methyl sites for hydroxylation is 1. The number of pyridine rings is 1. The molecule has 114 valence electrons. The number of hydrogen-bond donors (Lipinski definition) is 1. The van der Waals surface area contributed by atoms with E-state index >= 15 is 0 Å². The van der Waals surface area contributed by atoms with E-state index in [0.29, 0.717) is 11.3 Å². The van der Waals surface area contributed by atoms with Gasteiger partial charge in [0, 0.05) is 16.9 Å². The van der Waals surface area contributed by atoms with Gasteiger partial charge in [0.2, 0.25) is 5.03 Å². The standard InChI is InChI=1S/C9H7ClFN3O4S3/c1-5-8(20(10,15)16)19-9(13-5)14-21(17,18)7-6(11)3-2-4-12-7/h2-4H,1H3,(H,13,14). The van der Waals surface area contributed by atoms with Crippen LogP contribution < -0.4 is 4.72 Å². The molecule has 2 aromatic rings. The molecule has 0 atom stereocenters. The first-order chi connectivity index (χ1) is 9.61. The largest absolute Gasteiger partial charge is 0.284 e. The molecule has 1 N–H and O–H groups in total. The predicted molar refractivity (Wildman–Crippen MR) is 74.9 cm³/mol. The van der Waals surface area contributed by atoms with Crippen LogP contribution in [0.5, 0.6) is 0 Å². The lowest BCUT2D eigenvalue weighted by atomic mass is 10.5. The summed E-state index contributed by atoms with van der Waals surface area (Å²) < 4.78 is 61.5. The Morgan fingerprint density at radius 3 is 2.52 bits per heavy atom. The van der Waals surface area contributed by atoms with Gasteiger partial charge in [-0.1, -0.05) is 11.3 Å². The number of rotatable bonds is 4. The van der Waals surface area contributed by atoms with E-state index in [0.717, 1.165) is 12.3 Å². The Labute approximate surface area is 128 Å². The van der Waals surface area contributed by atoms with Gasteiger partial charge < -0.3 is 0 Å². The highest BCUT2D eigenvalue weighted by Gasteiger charge is 2.25. The maximum Gasteiger partial charge on any atom is 0.284 e. The molecule has 0 aliphatic carbocycles. The fraction of sp³-hybridized carbons (Fsp3) is 0.111. The maximum atomic E-state index is 13.4. The molecule has 0 aliphatic rings. The zero-order chi connectivity index (χ0) is 15.8. The average Bonchev–Trinajstić information content (AvgIpc) is 2.69. The summed E-state index contributed by atoms with van der Waals surface area (Å²) >= 11 is 0.522. The highest BCUT2D eigenvalue weighted by molar-refractivity contribution is 8.15. The van der Waals surface area contributed by atoms with Gasteiger partial charge in [-0.25, -0.2) is 22.8 Å². The van der Waals surface area contributed by atoms with Crippen LogP contribution in [-0.4, -0.2) is 26.8 Å². The van der Waals surface area contributed by atoms with E-state index in [9.17, 15) is 21.2 Å². The molecule has 0 saturated carbocycles. The van der Waals surface area contributed by atoms with Crippen molar-refractivity contribution in [1.82, 2.24) is 9.97 Å². The van der Waals surface area contributed by atoms with Crippen molar-refractivity contribution in [3.8, 4) is 0 Å². The van der Waals surface area contributed by atoms with Gasteiger partial charge in [-0.05, 0) is 19.1 Å². The fourth-order valence-electron chi connectivity index (χ4n) is 1.38. The minimum Gasteiger partial charge on any atom is -0.253 e. The number of nitrogens with one attached hydrogen (secondary N) is 1. The van der Waals surface area contributed by atoms with E-state index in [2.05, 4.69) is 9.97 Å². The highest BCUT2D eigenvalue weighted by Crippen LogP contribution is 2.30.